The Bertz CT molecular complexity index is 1050. The van der Waals surface area contributed by atoms with E-state index >= 15 is 0 Å². The van der Waals surface area contributed by atoms with Crippen molar-refractivity contribution in [3.05, 3.63) is 35.9 Å². The molecule has 0 aliphatic heterocycles. The van der Waals surface area contributed by atoms with Crippen molar-refractivity contribution in [2.75, 3.05) is 0 Å². The summed E-state index contributed by atoms with van der Waals surface area (Å²) in [5.74, 6) is 0.584. The molecule has 0 amide bonds. The number of para-hydroxylation sites is 1. The zero-order chi connectivity index (χ0) is 16.8. The van der Waals surface area contributed by atoms with E-state index in [0.29, 0.717) is 22.0 Å². The summed E-state index contributed by atoms with van der Waals surface area (Å²) < 4.78 is 3.30. The van der Waals surface area contributed by atoms with Gasteiger partial charge >= 0.3 is 0 Å². The highest BCUT2D eigenvalue weighted by Gasteiger charge is 2.16. The smallest absolute Gasteiger partial charge is 0.226 e. The third kappa shape index (κ3) is 2.53. The standard InChI is InChI=1S/C16H15ClN6S/c1-9(2)24-12-6-4-5-11-13(12)19-16(17)23-15(11)20-14(21-23)10-7-18-22(3)8-10/h4-9H,1-3H3. The van der Waals surface area contributed by atoms with Crippen LogP contribution in [0, 0.1) is 0 Å². The molecule has 4 rings (SSSR count). The minimum atomic E-state index is 0.303. The van der Waals surface area contributed by atoms with Gasteiger partial charge in [0.25, 0.3) is 0 Å². The second-order valence-electron chi connectivity index (χ2n) is 5.77. The topological polar surface area (TPSA) is 60.9 Å². The number of nitrogens with zero attached hydrogens (tertiary/aromatic N) is 6. The van der Waals surface area contributed by atoms with Crippen LogP contribution in [0.15, 0.2) is 35.5 Å². The van der Waals surface area contributed by atoms with Crippen molar-refractivity contribution in [3.8, 4) is 11.4 Å². The van der Waals surface area contributed by atoms with Crippen molar-refractivity contribution in [3.63, 3.8) is 0 Å². The zero-order valence-electron chi connectivity index (χ0n) is 13.4. The second kappa shape index (κ2) is 5.75. The molecule has 6 nitrogen and oxygen atoms in total. The lowest BCUT2D eigenvalue weighted by molar-refractivity contribution is 0.768. The van der Waals surface area contributed by atoms with E-state index in [1.165, 1.54) is 0 Å². The molecule has 4 aromatic rings. The highest BCUT2D eigenvalue weighted by Crippen LogP contribution is 2.32. The molecule has 3 heterocycles. The molecule has 8 heteroatoms. The van der Waals surface area contributed by atoms with Crippen LogP contribution in [0.4, 0.5) is 0 Å². The highest BCUT2D eigenvalue weighted by atomic mass is 35.5. The molecule has 24 heavy (non-hydrogen) atoms. The summed E-state index contributed by atoms with van der Waals surface area (Å²) in [7, 11) is 1.86. The molecular weight excluding hydrogens is 344 g/mol. The van der Waals surface area contributed by atoms with E-state index in [-0.39, 0.29) is 0 Å². The summed E-state index contributed by atoms with van der Waals surface area (Å²) in [6.45, 7) is 4.31. The van der Waals surface area contributed by atoms with Crippen molar-refractivity contribution in [2.45, 2.75) is 24.0 Å². The van der Waals surface area contributed by atoms with Crippen LogP contribution in [0.1, 0.15) is 13.8 Å². The number of aromatic nitrogens is 6. The van der Waals surface area contributed by atoms with E-state index in [9.17, 15) is 0 Å². The Morgan fingerprint density at radius 2 is 2.04 bits per heavy atom. The third-order valence-electron chi connectivity index (χ3n) is 3.55. The van der Waals surface area contributed by atoms with E-state index in [0.717, 1.165) is 21.4 Å². The molecule has 0 saturated heterocycles. The first-order valence-corrected chi connectivity index (χ1v) is 8.79. The number of thioether (sulfide) groups is 1. The van der Waals surface area contributed by atoms with Gasteiger partial charge in [-0.3, -0.25) is 4.68 Å². The van der Waals surface area contributed by atoms with Crippen molar-refractivity contribution < 1.29 is 0 Å². The van der Waals surface area contributed by atoms with Gasteiger partial charge in [0.1, 0.15) is 0 Å². The lowest BCUT2D eigenvalue weighted by Gasteiger charge is -2.08. The van der Waals surface area contributed by atoms with Gasteiger partial charge in [0.15, 0.2) is 11.5 Å². The second-order valence-corrected chi connectivity index (χ2v) is 7.73. The maximum absolute atomic E-state index is 6.37. The Kier molecular flexibility index (Phi) is 3.69. The fourth-order valence-corrected chi connectivity index (χ4v) is 3.72. The fraction of sp³-hybridized carbons (Fsp3) is 0.250. The van der Waals surface area contributed by atoms with Crippen molar-refractivity contribution >= 4 is 39.9 Å². The Labute approximate surface area is 147 Å². The monoisotopic (exact) mass is 358 g/mol. The first kappa shape index (κ1) is 15.4. The van der Waals surface area contributed by atoms with Gasteiger partial charge in [-0.2, -0.15) is 9.61 Å². The van der Waals surface area contributed by atoms with Crippen LogP contribution in [0.2, 0.25) is 5.28 Å². The van der Waals surface area contributed by atoms with Gasteiger partial charge in [-0.15, -0.1) is 16.9 Å². The molecule has 0 bridgehead atoms. The molecular formula is C16H15ClN6S. The molecule has 0 radical (unpaired) electrons. The first-order valence-electron chi connectivity index (χ1n) is 7.53. The maximum atomic E-state index is 6.37. The van der Waals surface area contributed by atoms with Crippen LogP contribution in [0.5, 0.6) is 0 Å². The number of halogens is 1. The molecule has 0 N–H and O–H groups in total. The Morgan fingerprint density at radius 1 is 1.21 bits per heavy atom. The van der Waals surface area contributed by atoms with E-state index in [2.05, 4.69) is 40.1 Å². The minimum absolute atomic E-state index is 0.303. The highest BCUT2D eigenvalue weighted by molar-refractivity contribution is 8.00. The fourth-order valence-electron chi connectivity index (χ4n) is 2.58. The number of benzene rings is 1. The molecule has 1 aromatic carbocycles. The average Bonchev–Trinajstić information content (AvgIpc) is 3.14. The van der Waals surface area contributed by atoms with Crippen LogP contribution < -0.4 is 0 Å². The number of hydrogen-bond acceptors (Lipinski definition) is 5. The van der Waals surface area contributed by atoms with Gasteiger partial charge in [-0.1, -0.05) is 19.9 Å². The van der Waals surface area contributed by atoms with Crippen molar-refractivity contribution in [2.24, 2.45) is 7.05 Å². The largest absolute Gasteiger partial charge is 0.275 e. The van der Waals surface area contributed by atoms with Crippen LogP contribution >= 0.6 is 23.4 Å². The maximum Gasteiger partial charge on any atom is 0.226 e. The molecule has 0 aliphatic rings. The van der Waals surface area contributed by atoms with Crippen molar-refractivity contribution in [1.82, 2.24) is 29.4 Å². The summed E-state index contributed by atoms with van der Waals surface area (Å²) >= 11 is 8.13. The van der Waals surface area contributed by atoms with Gasteiger partial charge in [0.2, 0.25) is 5.28 Å². The average molecular weight is 359 g/mol. The van der Waals surface area contributed by atoms with Crippen LogP contribution in [0.3, 0.4) is 0 Å². The number of rotatable bonds is 3. The van der Waals surface area contributed by atoms with Gasteiger partial charge in [-0.05, 0) is 23.7 Å². The van der Waals surface area contributed by atoms with E-state index < -0.39 is 0 Å². The summed E-state index contributed by atoms with van der Waals surface area (Å²) in [5.41, 5.74) is 2.41. The molecule has 0 spiro atoms. The Hall–Kier alpha value is -2.12. The van der Waals surface area contributed by atoms with Gasteiger partial charge in [0.05, 0.1) is 17.3 Å². The SMILES string of the molecule is CC(C)Sc1cccc2c1nc(Cl)n1nc(-c3cnn(C)c3)nc21. The molecule has 122 valence electrons. The summed E-state index contributed by atoms with van der Waals surface area (Å²) in [5, 5.41) is 10.4. The predicted octanol–water partition coefficient (Wildman–Crippen LogP) is 3.83. The number of aryl methyl sites for hydroxylation is 1. The molecule has 0 atom stereocenters. The molecule has 3 aromatic heterocycles. The number of fused-ring (bicyclic) bond motifs is 3. The van der Waals surface area contributed by atoms with Crippen molar-refractivity contribution in [1.29, 1.82) is 0 Å². The normalized spacial score (nSPS) is 11.9. The summed E-state index contributed by atoms with van der Waals surface area (Å²) in [6.07, 6.45) is 3.61. The third-order valence-corrected chi connectivity index (χ3v) is 4.85. The molecule has 0 saturated carbocycles. The van der Waals surface area contributed by atoms with Crippen LogP contribution in [-0.2, 0) is 7.05 Å². The zero-order valence-corrected chi connectivity index (χ0v) is 15.0. The van der Waals surface area contributed by atoms with E-state index in [1.807, 2.05) is 25.4 Å². The molecule has 0 unspecified atom stereocenters. The van der Waals surface area contributed by atoms with Gasteiger partial charge in [0, 0.05) is 28.8 Å². The van der Waals surface area contributed by atoms with E-state index in [1.54, 1.807) is 27.2 Å². The Balaban J connectivity index is 1.98. The Morgan fingerprint density at radius 3 is 2.75 bits per heavy atom. The number of hydrogen-bond donors (Lipinski definition) is 0. The lowest BCUT2D eigenvalue weighted by Crippen LogP contribution is -1.97. The van der Waals surface area contributed by atoms with Gasteiger partial charge < -0.3 is 0 Å². The summed E-state index contributed by atoms with van der Waals surface area (Å²) in [6, 6.07) is 6.08. The van der Waals surface area contributed by atoms with Crippen LogP contribution in [0.25, 0.3) is 27.9 Å². The lowest BCUT2D eigenvalue weighted by atomic mass is 10.2. The summed E-state index contributed by atoms with van der Waals surface area (Å²) in [4.78, 5) is 10.3. The predicted molar refractivity (Wildman–Crippen MR) is 96.5 cm³/mol. The minimum Gasteiger partial charge on any atom is -0.275 e. The van der Waals surface area contributed by atoms with Gasteiger partial charge in [-0.25, -0.2) is 9.97 Å². The molecule has 0 aliphatic carbocycles. The van der Waals surface area contributed by atoms with Crippen LogP contribution in [-0.4, -0.2) is 34.6 Å². The van der Waals surface area contributed by atoms with E-state index in [4.69, 9.17) is 11.6 Å². The molecule has 0 fully saturated rings. The first-order chi connectivity index (χ1) is 11.5. The quantitative estimate of drug-likeness (QED) is 0.411.